The normalized spacial score (nSPS) is 11.1. The van der Waals surface area contributed by atoms with Gasteiger partial charge in [-0.05, 0) is 35.9 Å². The average molecular weight is 369 g/mol. The summed E-state index contributed by atoms with van der Waals surface area (Å²) in [5, 5.41) is 0.493. The second-order valence-electron chi connectivity index (χ2n) is 5.11. The van der Waals surface area contributed by atoms with Gasteiger partial charge in [0.2, 0.25) is 10.0 Å². The summed E-state index contributed by atoms with van der Waals surface area (Å²) in [6.07, 6.45) is 1.13. The van der Waals surface area contributed by atoms with Gasteiger partial charge in [-0.25, -0.2) is 8.42 Å². The van der Waals surface area contributed by atoms with Crippen molar-refractivity contribution in [1.82, 2.24) is 0 Å². The number of rotatable bonds is 7. The van der Waals surface area contributed by atoms with Crippen LogP contribution in [-0.2, 0) is 21.4 Å². The van der Waals surface area contributed by atoms with Crippen molar-refractivity contribution in [1.29, 1.82) is 0 Å². The molecule has 0 aliphatic rings. The van der Waals surface area contributed by atoms with Crippen LogP contribution in [0.15, 0.2) is 48.5 Å². The summed E-state index contributed by atoms with van der Waals surface area (Å²) >= 11 is 6.12. The molecule has 0 saturated carbocycles. The third kappa shape index (κ3) is 4.87. The molecule has 0 aromatic heterocycles. The molecule has 0 atom stereocenters. The van der Waals surface area contributed by atoms with Crippen molar-refractivity contribution in [3.05, 3.63) is 59.1 Å². The van der Waals surface area contributed by atoms with Gasteiger partial charge >= 0.3 is 0 Å². The first-order chi connectivity index (χ1) is 11.3. The molecule has 2 N–H and O–H groups in total. The third-order valence-electron chi connectivity index (χ3n) is 3.18. The summed E-state index contributed by atoms with van der Waals surface area (Å²) in [4.78, 5) is 10.7. The SMILES string of the molecule is CS(=O)(=O)N(Cc1ccccc1Cl)c1ccc(OCC(N)=O)cc1. The lowest BCUT2D eigenvalue weighted by Crippen LogP contribution is -2.29. The van der Waals surface area contributed by atoms with Gasteiger partial charge in [0.05, 0.1) is 18.5 Å². The summed E-state index contributed by atoms with van der Waals surface area (Å²) in [6, 6.07) is 13.4. The number of ether oxygens (including phenoxy) is 1. The average Bonchev–Trinajstić information content (AvgIpc) is 2.51. The number of benzene rings is 2. The Balaban J connectivity index is 2.26. The molecule has 8 heteroatoms. The van der Waals surface area contributed by atoms with Gasteiger partial charge in [0.25, 0.3) is 5.91 Å². The molecule has 0 spiro atoms. The van der Waals surface area contributed by atoms with Gasteiger partial charge < -0.3 is 10.5 Å². The molecular weight excluding hydrogens is 352 g/mol. The Morgan fingerprint density at radius 1 is 1.17 bits per heavy atom. The molecule has 2 aromatic rings. The Morgan fingerprint density at radius 3 is 2.33 bits per heavy atom. The maximum Gasteiger partial charge on any atom is 0.255 e. The summed E-state index contributed by atoms with van der Waals surface area (Å²) in [6.45, 7) is -0.130. The van der Waals surface area contributed by atoms with Crippen molar-refractivity contribution in [3.63, 3.8) is 0 Å². The number of sulfonamides is 1. The fourth-order valence-electron chi connectivity index (χ4n) is 2.04. The molecule has 0 aliphatic carbocycles. The van der Waals surface area contributed by atoms with Crippen molar-refractivity contribution in [3.8, 4) is 5.75 Å². The Hall–Kier alpha value is -2.25. The van der Waals surface area contributed by atoms with Gasteiger partial charge in [0, 0.05) is 5.02 Å². The van der Waals surface area contributed by atoms with E-state index < -0.39 is 15.9 Å². The van der Waals surface area contributed by atoms with Gasteiger partial charge in [0.15, 0.2) is 6.61 Å². The van der Waals surface area contributed by atoms with Crippen LogP contribution in [0.3, 0.4) is 0 Å². The molecule has 0 radical (unpaired) electrons. The van der Waals surface area contributed by atoms with Crippen LogP contribution in [0.2, 0.25) is 5.02 Å². The molecule has 0 heterocycles. The molecular formula is C16H17ClN2O4S. The van der Waals surface area contributed by atoms with Crippen molar-refractivity contribution in [2.24, 2.45) is 5.73 Å². The van der Waals surface area contributed by atoms with E-state index in [1.54, 1.807) is 48.5 Å². The van der Waals surface area contributed by atoms with Gasteiger partial charge in [-0.2, -0.15) is 0 Å². The summed E-state index contributed by atoms with van der Waals surface area (Å²) < 4.78 is 30.7. The Labute approximate surface area is 145 Å². The molecule has 0 fully saturated rings. The van der Waals surface area contributed by atoms with E-state index in [0.29, 0.717) is 22.0 Å². The molecule has 2 rings (SSSR count). The van der Waals surface area contributed by atoms with E-state index in [-0.39, 0.29) is 13.2 Å². The molecule has 1 amide bonds. The second kappa shape index (κ2) is 7.55. The first-order valence-electron chi connectivity index (χ1n) is 6.99. The minimum atomic E-state index is -3.51. The third-order valence-corrected chi connectivity index (χ3v) is 4.69. The van der Waals surface area contributed by atoms with E-state index in [1.165, 1.54) is 4.31 Å². The van der Waals surface area contributed by atoms with Crippen LogP contribution in [0.1, 0.15) is 5.56 Å². The van der Waals surface area contributed by atoms with Crippen LogP contribution in [0, 0.1) is 0 Å². The van der Waals surface area contributed by atoms with Crippen LogP contribution >= 0.6 is 11.6 Å². The maximum atomic E-state index is 12.1. The van der Waals surface area contributed by atoms with Crippen molar-refractivity contribution in [2.75, 3.05) is 17.2 Å². The topological polar surface area (TPSA) is 89.7 Å². The smallest absolute Gasteiger partial charge is 0.255 e. The number of anilines is 1. The summed E-state index contributed by atoms with van der Waals surface area (Å²) in [5.41, 5.74) is 6.17. The van der Waals surface area contributed by atoms with Gasteiger partial charge in [-0.15, -0.1) is 0 Å². The standard InChI is InChI=1S/C16H17ClN2O4S/c1-24(21,22)19(10-12-4-2-3-5-15(12)17)13-6-8-14(9-7-13)23-11-16(18)20/h2-9H,10-11H2,1H3,(H2,18,20). The monoisotopic (exact) mass is 368 g/mol. The predicted molar refractivity (Wildman–Crippen MR) is 93.6 cm³/mol. The highest BCUT2D eigenvalue weighted by molar-refractivity contribution is 7.92. The maximum absolute atomic E-state index is 12.1. The van der Waals surface area contributed by atoms with Crippen LogP contribution in [-0.4, -0.2) is 27.2 Å². The highest BCUT2D eigenvalue weighted by Crippen LogP contribution is 2.26. The predicted octanol–water partition coefficient (Wildman–Crippen LogP) is 2.17. The van der Waals surface area contributed by atoms with Gasteiger partial charge in [0.1, 0.15) is 5.75 Å². The first-order valence-corrected chi connectivity index (χ1v) is 9.22. The number of carbonyl (C=O) groups excluding carboxylic acids is 1. The molecule has 128 valence electrons. The summed E-state index contributed by atoms with van der Waals surface area (Å²) in [5.74, 6) is -0.167. The van der Waals surface area contributed by atoms with Crippen molar-refractivity contribution < 1.29 is 17.9 Å². The Morgan fingerprint density at radius 2 is 1.79 bits per heavy atom. The zero-order valence-electron chi connectivity index (χ0n) is 13.0. The van der Waals surface area contributed by atoms with E-state index in [0.717, 1.165) is 6.26 Å². The van der Waals surface area contributed by atoms with E-state index >= 15 is 0 Å². The van der Waals surface area contributed by atoms with Crippen molar-refractivity contribution >= 4 is 33.2 Å². The highest BCUT2D eigenvalue weighted by Gasteiger charge is 2.19. The number of carbonyl (C=O) groups is 1. The zero-order chi connectivity index (χ0) is 17.7. The Bertz CT molecular complexity index is 822. The lowest BCUT2D eigenvalue weighted by Gasteiger charge is -2.23. The van der Waals surface area contributed by atoms with Crippen LogP contribution in [0.25, 0.3) is 0 Å². The zero-order valence-corrected chi connectivity index (χ0v) is 14.5. The number of nitrogens with zero attached hydrogens (tertiary/aromatic N) is 1. The quantitative estimate of drug-likeness (QED) is 0.811. The molecule has 0 saturated heterocycles. The molecule has 0 aliphatic heterocycles. The first kappa shape index (κ1) is 18.1. The fraction of sp³-hybridized carbons (Fsp3) is 0.188. The highest BCUT2D eigenvalue weighted by atomic mass is 35.5. The van der Waals surface area contributed by atoms with E-state index in [4.69, 9.17) is 22.1 Å². The molecule has 2 aromatic carbocycles. The molecule has 0 unspecified atom stereocenters. The van der Waals surface area contributed by atoms with E-state index in [2.05, 4.69) is 0 Å². The number of amides is 1. The van der Waals surface area contributed by atoms with E-state index in [1.807, 2.05) is 0 Å². The Kier molecular flexibility index (Phi) is 5.69. The van der Waals surface area contributed by atoms with Crippen molar-refractivity contribution in [2.45, 2.75) is 6.54 Å². The number of nitrogens with two attached hydrogens (primary N) is 1. The van der Waals surface area contributed by atoms with Crippen LogP contribution < -0.4 is 14.8 Å². The van der Waals surface area contributed by atoms with Gasteiger partial charge in [-0.1, -0.05) is 29.8 Å². The molecule has 6 nitrogen and oxygen atoms in total. The molecule has 0 bridgehead atoms. The van der Waals surface area contributed by atoms with E-state index in [9.17, 15) is 13.2 Å². The number of hydrogen-bond acceptors (Lipinski definition) is 4. The van der Waals surface area contributed by atoms with Gasteiger partial charge in [-0.3, -0.25) is 9.10 Å². The minimum Gasteiger partial charge on any atom is -0.484 e. The van der Waals surface area contributed by atoms with Crippen LogP contribution in [0.5, 0.6) is 5.75 Å². The summed E-state index contributed by atoms with van der Waals surface area (Å²) in [7, 11) is -3.51. The lowest BCUT2D eigenvalue weighted by molar-refractivity contribution is -0.119. The lowest BCUT2D eigenvalue weighted by atomic mass is 10.2. The minimum absolute atomic E-state index is 0.111. The molecule has 24 heavy (non-hydrogen) atoms. The number of halogens is 1. The fourth-order valence-corrected chi connectivity index (χ4v) is 3.12. The number of hydrogen-bond donors (Lipinski definition) is 1. The largest absolute Gasteiger partial charge is 0.484 e. The second-order valence-corrected chi connectivity index (χ2v) is 7.42. The number of primary amides is 1. The van der Waals surface area contributed by atoms with Crippen LogP contribution in [0.4, 0.5) is 5.69 Å².